The van der Waals surface area contributed by atoms with Gasteiger partial charge in [-0.05, 0) is 67.9 Å². The number of amidine groups is 1. The summed E-state index contributed by atoms with van der Waals surface area (Å²) >= 11 is 0. The smallest absolute Gasteiger partial charge is 0.286 e. The van der Waals surface area contributed by atoms with Crippen molar-refractivity contribution in [2.24, 2.45) is 22.2 Å². The number of furan rings is 1. The Morgan fingerprint density at radius 1 is 1.19 bits per heavy atom. The van der Waals surface area contributed by atoms with Crippen molar-refractivity contribution in [1.29, 1.82) is 0 Å². The molecule has 13 heteroatoms. The molecule has 3 N–H and O–H groups in total. The summed E-state index contributed by atoms with van der Waals surface area (Å²) < 4.78 is 61.1. The minimum absolute atomic E-state index is 0.0618. The van der Waals surface area contributed by atoms with Gasteiger partial charge in [0.25, 0.3) is 15.9 Å². The van der Waals surface area contributed by atoms with Crippen molar-refractivity contribution in [2.45, 2.75) is 43.2 Å². The molecule has 1 aromatic heterocycles. The van der Waals surface area contributed by atoms with E-state index in [1.807, 2.05) is 0 Å². The van der Waals surface area contributed by atoms with Gasteiger partial charge in [0.05, 0.1) is 24.8 Å². The topological polar surface area (TPSA) is 158 Å². The SMILES string of the molecule is CS(=O)(=O)Nc1ccc2c(c1)S(=O)(=O)N=C(C1=C(O)[C@@H]3C4CCC(CC4)[C@@H]3N(Cc3ccco3)C1=O)N2. The van der Waals surface area contributed by atoms with Crippen LogP contribution < -0.4 is 10.0 Å². The first-order chi connectivity index (χ1) is 17.5. The van der Waals surface area contributed by atoms with Crippen LogP contribution in [0.5, 0.6) is 0 Å². The first-order valence-corrected chi connectivity index (χ1v) is 15.4. The average molecular weight is 547 g/mol. The maximum Gasteiger partial charge on any atom is 0.286 e. The summed E-state index contributed by atoms with van der Waals surface area (Å²) in [5.41, 5.74) is 0.0294. The predicted octanol–water partition coefficient (Wildman–Crippen LogP) is 2.82. The number of nitrogens with zero attached hydrogens (tertiary/aromatic N) is 2. The van der Waals surface area contributed by atoms with Crippen molar-refractivity contribution < 1.29 is 31.2 Å². The Labute approximate surface area is 214 Å². The Morgan fingerprint density at radius 2 is 1.92 bits per heavy atom. The molecule has 2 bridgehead atoms. The lowest BCUT2D eigenvalue weighted by Gasteiger charge is -2.54. The minimum atomic E-state index is -4.32. The van der Waals surface area contributed by atoms with E-state index in [9.17, 15) is 26.7 Å². The molecule has 3 heterocycles. The van der Waals surface area contributed by atoms with Gasteiger partial charge in [-0.15, -0.1) is 4.40 Å². The Kier molecular flexibility index (Phi) is 5.42. The summed E-state index contributed by atoms with van der Waals surface area (Å²) in [4.78, 5) is 15.4. The van der Waals surface area contributed by atoms with Gasteiger partial charge in [0, 0.05) is 17.6 Å². The molecule has 0 unspecified atom stereocenters. The highest BCUT2D eigenvalue weighted by Gasteiger charge is 2.54. The third-order valence-electron chi connectivity index (χ3n) is 7.75. The molecule has 37 heavy (non-hydrogen) atoms. The van der Waals surface area contributed by atoms with Crippen LogP contribution in [0.15, 0.2) is 61.6 Å². The van der Waals surface area contributed by atoms with Crippen LogP contribution in [0.1, 0.15) is 31.4 Å². The third-order valence-corrected chi connectivity index (χ3v) is 9.68. The van der Waals surface area contributed by atoms with Crippen molar-refractivity contribution in [1.82, 2.24) is 4.90 Å². The second-order valence-corrected chi connectivity index (χ2v) is 13.4. The van der Waals surface area contributed by atoms with Crippen LogP contribution in [-0.4, -0.2) is 50.9 Å². The van der Waals surface area contributed by atoms with E-state index in [2.05, 4.69) is 14.4 Å². The first-order valence-electron chi connectivity index (χ1n) is 12.0. The van der Waals surface area contributed by atoms with Crippen molar-refractivity contribution in [3.63, 3.8) is 0 Å². The summed E-state index contributed by atoms with van der Waals surface area (Å²) in [5, 5.41) is 14.4. The fourth-order valence-corrected chi connectivity index (χ4v) is 8.02. The lowest BCUT2D eigenvalue weighted by molar-refractivity contribution is -0.140. The van der Waals surface area contributed by atoms with E-state index in [0.717, 1.165) is 38.0 Å². The summed E-state index contributed by atoms with van der Waals surface area (Å²) in [7, 11) is -7.94. The molecule has 1 amide bonds. The lowest BCUT2D eigenvalue weighted by Crippen LogP contribution is -2.60. The fourth-order valence-electron chi connectivity index (χ4n) is 6.32. The maximum absolute atomic E-state index is 13.9. The van der Waals surface area contributed by atoms with Gasteiger partial charge in [-0.2, -0.15) is 8.42 Å². The highest BCUT2D eigenvalue weighted by atomic mass is 32.2. The van der Waals surface area contributed by atoms with Crippen LogP contribution in [0.2, 0.25) is 0 Å². The van der Waals surface area contributed by atoms with Gasteiger partial charge < -0.3 is 19.7 Å². The monoisotopic (exact) mass is 546 g/mol. The molecule has 3 fully saturated rings. The van der Waals surface area contributed by atoms with Crippen molar-refractivity contribution in [3.05, 3.63) is 53.7 Å². The number of nitrogens with one attached hydrogen (secondary N) is 2. The van der Waals surface area contributed by atoms with Crippen LogP contribution in [0.25, 0.3) is 0 Å². The zero-order chi connectivity index (χ0) is 26.1. The molecule has 11 nitrogen and oxygen atoms in total. The Balaban J connectivity index is 1.43. The summed E-state index contributed by atoms with van der Waals surface area (Å²) in [6.45, 7) is 0.199. The number of aliphatic hydroxyl groups is 1. The van der Waals surface area contributed by atoms with Gasteiger partial charge in [-0.25, -0.2) is 8.42 Å². The zero-order valence-corrected chi connectivity index (χ0v) is 21.5. The first kappa shape index (κ1) is 24.0. The summed E-state index contributed by atoms with van der Waals surface area (Å²) in [5.74, 6) is -0.188. The number of rotatable bonds is 5. The molecule has 3 saturated carbocycles. The van der Waals surface area contributed by atoms with E-state index >= 15 is 0 Å². The lowest BCUT2D eigenvalue weighted by atomic mass is 9.59. The number of fused-ring (bicyclic) bond motifs is 3. The van der Waals surface area contributed by atoms with Crippen LogP contribution in [-0.2, 0) is 31.4 Å². The van der Waals surface area contributed by atoms with Gasteiger partial charge in [-0.3, -0.25) is 9.52 Å². The largest absolute Gasteiger partial charge is 0.511 e. The molecule has 1 aromatic carbocycles. The van der Waals surface area contributed by atoms with Crippen molar-refractivity contribution in [2.75, 3.05) is 16.3 Å². The van der Waals surface area contributed by atoms with Crippen LogP contribution in [0, 0.1) is 17.8 Å². The number of benzene rings is 1. The van der Waals surface area contributed by atoms with Gasteiger partial charge in [-0.1, -0.05) is 0 Å². The molecule has 0 saturated heterocycles. The molecule has 2 atom stereocenters. The van der Waals surface area contributed by atoms with Crippen molar-refractivity contribution in [3.8, 4) is 0 Å². The number of sulfonamides is 2. The van der Waals surface area contributed by atoms with Gasteiger partial charge in [0.1, 0.15) is 22.0 Å². The Hall–Kier alpha value is -3.32. The van der Waals surface area contributed by atoms with E-state index in [-0.39, 0.29) is 63.8 Å². The van der Waals surface area contributed by atoms with Crippen LogP contribution in [0.4, 0.5) is 11.4 Å². The highest BCUT2D eigenvalue weighted by Crippen LogP contribution is 2.52. The quantitative estimate of drug-likeness (QED) is 0.516. The number of amides is 1. The minimum Gasteiger partial charge on any atom is -0.511 e. The molecule has 0 radical (unpaired) electrons. The maximum atomic E-state index is 13.9. The second-order valence-electron chi connectivity index (χ2n) is 10.1. The van der Waals surface area contributed by atoms with E-state index < -0.39 is 26.0 Å². The number of carbonyl (C=O) groups excluding carboxylic acids is 1. The fraction of sp³-hybridized carbons (Fsp3) is 0.417. The predicted molar refractivity (Wildman–Crippen MR) is 135 cm³/mol. The zero-order valence-electron chi connectivity index (χ0n) is 19.9. The van der Waals surface area contributed by atoms with Gasteiger partial charge in [0.2, 0.25) is 10.0 Å². The molecule has 3 aliphatic carbocycles. The molecule has 2 aromatic rings. The second kappa shape index (κ2) is 8.35. The van der Waals surface area contributed by atoms with E-state index in [0.29, 0.717) is 5.76 Å². The molecule has 196 valence electrons. The molecular formula is C24H26N4O7S2. The number of aliphatic hydroxyl groups excluding tert-OH is 1. The molecule has 0 spiro atoms. The van der Waals surface area contributed by atoms with Crippen molar-refractivity contribution >= 4 is 43.2 Å². The average Bonchev–Trinajstić information content (AvgIpc) is 3.34. The third kappa shape index (κ3) is 4.09. The Morgan fingerprint density at radius 3 is 2.59 bits per heavy atom. The molecule has 2 aliphatic heterocycles. The molecule has 5 aliphatic rings. The highest BCUT2D eigenvalue weighted by molar-refractivity contribution is 7.92. The normalized spacial score (nSPS) is 28.3. The summed E-state index contributed by atoms with van der Waals surface area (Å²) in [6, 6.07) is 7.28. The van der Waals surface area contributed by atoms with Crippen LogP contribution >= 0.6 is 0 Å². The van der Waals surface area contributed by atoms with E-state index in [1.54, 1.807) is 17.0 Å². The standard InChI is InChI=1S/C24H26N4O7S2/c1-36(31,32)26-15-8-9-17-18(11-15)37(33,34)27-23(25-17)20-22(29)19-13-4-6-14(7-5-13)21(19)28(24(20)30)12-16-3-2-10-35-16/h2-3,8-11,13-14,19,21,26,29H,4-7,12H2,1H3,(H,25,27)/t13?,14?,19-,21+/m1/s1. The number of hydrogen-bond donors (Lipinski definition) is 3. The van der Waals surface area contributed by atoms with Gasteiger partial charge >= 0.3 is 0 Å². The van der Waals surface area contributed by atoms with Crippen LogP contribution in [0.3, 0.4) is 0 Å². The number of hydrogen-bond acceptors (Lipinski definition) is 8. The van der Waals surface area contributed by atoms with Gasteiger partial charge in [0.15, 0.2) is 5.84 Å². The van der Waals surface area contributed by atoms with E-state index in [4.69, 9.17) is 4.42 Å². The number of carbonyl (C=O) groups is 1. The number of anilines is 2. The Bertz CT molecular complexity index is 1550. The molecular weight excluding hydrogens is 520 g/mol. The summed E-state index contributed by atoms with van der Waals surface area (Å²) in [6.07, 6.45) is 6.30. The van der Waals surface area contributed by atoms with E-state index in [1.165, 1.54) is 18.4 Å². The molecule has 7 rings (SSSR count).